The van der Waals surface area contributed by atoms with Crippen LogP contribution in [-0.2, 0) is 4.79 Å². The zero-order valence-corrected chi connectivity index (χ0v) is 15.8. The first-order valence-electron chi connectivity index (χ1n) is 9.28. The zero-order valence-electron chi connectivity index (χ0n) is 15.8. The summed E-state index contributed by atoms with van der Waals surface area (Å²) in [6, 6.07) is 12.4. The standard InChI is InChI=1S/C22H22N2O4/c1-13(2)10-19(25)24-20(15-6-8-17-18(11-15)28-12-27-17)16-7-5-14-4-3-9-23-21(14)22(16)26/h3-9,11,13,20,26H,10,12H2,1-2H3,(H,24,25)/t20-/m0/s1. The molecule has 1 atom stereocenters. The highest BCUT2D eigenvalue weighted by Crippen LogP contribution is 2.39. The third-order valence-corrected chi connectivity index (χ3v) is 4.72. The van der Waals surface area contributed by atoms with Crippen LogP contribution in [0.4, 0.5) is 0 Å². The Kier molecular flexibility index (Phi) is 4.77. The number of phenolic OH excluding ortho intramolecular Hbond substituents is 1. The van der Waals surface area contributed by atoms with Gasteiger partial charge >= 0.3 is 0 Å². The molecule has 0 aliphatic carbocycles. The van der Waals surface area contributed by atoms with E-state index in [2.05, 4.69) is 10.3 Å². The van der Waals surface area contributed by atoms with Crippen LogP contribution >= 0.6 is 0 Å². The molecule has 144 valence electrons. The first-order valence-corrected chi connectivity index (χ1v) is 9.28. The van der Waals surface area contributed by atoms with Gasteiger partial charge in [-0.2, -0.15) is 0 Å². The fourth-order valence-electron chi connectivity index (χ4n) is 3.40. The number of carbonyl (C=O) groups is 1. The summed E-state index contributed by atoms with van der Waals surface area (Å²) in [5, 5.41) is 14.8. The normalized spacial score (nSPS) is 13.7. The molecule has 2 aromatic carbocycles. The molecule has 1 aliphatic heterocycles. The first-order chi connectivity index (χ1) is 13.5. The highest BCUT2D eigenvalue weighted by atomic mass is 16.7. The fourth-order valence-corrected chi connectivity index (χ4v) is 3.40. The van der Waals surface area contributed by atoms with Gasteiger partial charge in [0, 0.05) is 23.6 Å². The maximum atomic E-state index is 12.6. The molecule has 3 aromatic rings. The maximum Gasteiger partial charge on any atom is 0.231 e. The number of pyridine rings is 1. The molecule has 1 amide bonds. The quantitative estimate of drug-likeness (QED) is 0.703. The predicted octanol–water partition coefficient (Wildman–Crippen LogP) is 3.92. The molecule has 0 spiro atoms. The molecule has 6 nitrogen and oxygen atoms in total. The monoisotopic (exact) mass is 378 g/mol. The van der Waals surface area contributed by atoms with Gasteiger partial charge < -0.3 is 19.9 Å². The minimum atomic E-state index is -0.535. The number of nitrogens with zero attached hydrogens (tertiary/aromatic N) is 1. The Labute approximate surface area is 163 Å². The lowest BCUT2D eigenvalue weighted by atomic mass is 9.95. The summed E-state index contributed by atoms with van der Waals surface area (Å²) in [6.07, 6.45) is 2.03. The molecular formula is C22H22N2O4. The highest BCUT2D eigenvalue weighted by molar-refractivity contribution is 5.86. The molecule has 2 heterocycles. The number of amides is 1. The number of nitrogens with one attached hydrogen (secondary N) is 1. The average molecular weight is 378 g/mol. The fraction of sp³-hybridized carbons (Fsp3) is 0.273. The van der Waals surface area contributed by atoms with Gasteiger partial charge in [-0.05, 0) is 29.7 Å². The third kappa shape index (κ3) is 3.45. The smallest absolute Gasteiger partial charge is 0.231 e. The third-order valence-electron chi connectivity index (χ3n) is 4.72. The van der Waals surface area contributed by atoms with Crippen LogP contribution < -0.4 is 14.8 Å². The Morgan fingerprint density at radius 3 is 2.82 bits per heavy atom. The summed E-state index contributed by atoms with van der Waals surface area (Å²) in [7, 11) is 0. The van der Waals surface area contributed by atoms with Crippen LogP contribution in [0, 0.1) is 5.92 Å². The van der Waals surface area contributed by atoms with Crippen LogP contribution in [0.5, 0.6) is 17.2 Å². The molecule has 0 saturated carbocycles. The van der Waals surface area contributed by atoms with Gasteiger partial charge in [-0.25, -0.2) is 0 Å². The lowest BCUT2D eigenvalue weighted by Crippen LogP contribution is -2.30. The van der Waals surface area contributed by atoms with Crippen molar-refractivity contribution in [3.05, 3.63) is 59.8 Å². The van der Waals surface area contributed by atoms with E-state index < -0.39 is 6.04 Å². The number of aromatic nitrogens is 1. The SMILES string of the molecule is CC(C)CC(=O)N[C@@H](c1ccc2c(c1)OCO2)c1ccc2cccnc2c1O. The van der Waals surface area contributed by atoms with E-state index in [4.69, 9.17) is 9.47 Å². The molecule has 0 bridgehead atoms. The van der Waals surface area contributed by atoms with Gasteiger partial charge in [-0.1, -0.05) is 38.1 Å². The Bertz CT molecular complexity index is 1030. The Morgan fingerprint density at radius 1 is 1.18 bits per heavy atom. The van der Waals surface area contributed by atoms with Crippen molar-refractivity contribution in [1.82, 2.24) is 10.3 Å². The molecule has 0 radical (unpaired) electrons. The van der Waals surface area contributed by atoms with E-state index in [0.717, 1.165) is 10.9 Å². The van der Waals surface area contributed by atoms with E-state index in [1.807, 2.05) is 56.3 Å². The number of hydrogen-bond donors (Lipinski definition) is 2. The minimum Gasteiger partial charge on any atom is -0.505 e. The number of aromatic hydroxyl groups is 1. The summed E-state index contributed by atoms with van der Waals surface area (Å²) < 4.78 is 10.9. The van der Waals surface area contributed by atoms with Crippen molar-refractivity contribution in [2.24, 2.45) is 5.92 Å². The van der Waals surface area contributed by atoms with Crippen molar-refractivity contribution in [3.63, 3.8) is 0 Å². The van der Waals surface area contributed by atoms with Crippen LogP contribution in [-0.4, -0.2) is 22.8 Å². The topological polar surface area (TPSA) is 80.7 Å². The van der Waals surface area contributed by atoms with Crippen molar-refractivity contribution < 1.29 is 19.4 Å². The number of benzene rings is 2. The van der Waals surface area contributed by atoms with Gasteiger partial charge in [-0.15, -0.1) is 0 Å². The molecule has 0 fully saturated rings. The number of ether oxygens (including phenoxy) is 2. The molecule has 0 saturated heterocycles. The Balaban J connectivity index is 1.79. The first kappa shape index (κ1) is 18.1. The summed E-state index contributed by atoms with van der Waals surface area (Å²) in [6.45, 7) is 4.16. The Morgan fingerprint density at radius 2 is 2.00 bits per heavy atom. The number of rotatable bonds is 5. The summed E-state index contributed by atoms with van der Waals surface area (Å²) in [5.41, 5.74) is 1.89. The summed E-state index contributed by atoms with van der Waals surface area (Å²) in [5.74, 6) is 1.49. The second-order valence-corrected chi connectivity index (χ2v) is 7.29. The number of hydrogen-bond acceptors (Lipinski definition) is 5. The lowest BCUT2D eigenvalue weighted by molar-refractivity contribution is -0.122. The molecule has 6 heteroatoms. The van der Waals surface area contributed by atoms with E-state index in [0.29, 0.717) is 29.0 Å². The molecule has 4 rings (SSSR count). The van der Waals surface area contributed by atoms with Crippen molar-refractivity contribution in [2.45, 2.75) is 26.3 Å². The van der Waals surface area contributed by atoms with E-state index in [1.165, 1.54) is 0 Å². The van der Waals surface area contributed by atoms with E-state index in [1.54, 1.807) is 6.20 Å². The number of phenols is 1. The number of carbonyl (C=O) groups excluding carboxylic acids is 1. The second kappa shape index (κ2) is 7.38. The van der Waals surface area contributed by atoms with Gasteiger partial charge in [0.1, 0.15) is 11.3 Å². The predicted molar refractivity (Wildman–Crippen MR) is 105 cm³/mol. The van der Waals surface area contributed by atoms with Crippen molar-refractivity contribution >= 4 is 16.8 Å². The van der Waals surface area contributed by atoms with Gasteiger partial charge in [0.25, 0.3) is 0 Å². The second-order valence-electron chi connectivity index (χ2n) is 7.29. The van der Waals surface area contributed by atoms with Crippen molar-refractivity contribution in [1.29, 1.82) is 0 Å². The summed E-state index contributed by atoms with van der Waals surface area (Å²) in [4.78, 5) is 16.9. The van der Waals surface area contributed by atoms with E-state index in [-0.39, 0.29) is 24.4 Å². The van der Waals surface area contributed by atoms with Crippen LogP contribution in [0.1, 0.15) is 37.4 Å². The van der Waals surface area contributed by atoms with Crippen LogP contribution in [0.15, 0.2) is 48.7 Å². The van der Waals surface area contributed by atoms with Crippen molar-refractivity contribution in [3.8, 4) is 17.2 Å². The molecule has 0 unspecified atom stereocenters. The lowest BCUT2D eigenvalue weighted by Gasteiger charge is -2.22. The van der Waals surface area contributed by atoms with Gasteiger partial charge in [-0.3, -0.25) is 9.78 Å². The van der Waals surface area contributed by atoms with E-state index >= 15 is 0 Å². The van der Waals surface area contributed by atoms with E-state index in [9.17, 15) is 9.90 Å². The maximum absolute atomic E-state index is 12.6. The van der Waals surface area contributed by atoms with Crippen molar-refractivity contribution in [2.75, 3.05) is 6.79 Å². The molecular weight excluding hydrogens is 356 g/mol. The van der Waals surface area contributed by atoms with Crippen LogP contribution in [0.2, 0.25) is 0 Å². The van der Waals surface area contributed by atoms with Crippen LogP contribution in [0.25, 0.3) is 10.9 Å². The molecule has 1 aromatic heterocycles. The zero-order chi connectivity index (χ0) is 19.7. The van der Waals surface area contributed by atoms with Gasteiger partial charge in [0.15, 0.2) is 11.5 Å². The summed E-state index contributed by atoms with van der Waals surface area (Å²) >= 11 is 0. The highest BCUT2D eigenvalue weighted by Gasteiger charge is 2.24. The molecule has 2 N–H and O–H groups in total. The molecule has 1 aliphatic rings. The Hall–Kier alpha value is -3.28. The average Bonchev–Trinajstić information content (AvgIpc) is 3.14. The van der Waals surface area contributed by atoms with Gasteiger partial charge in [0.05, 0.1) is 6.04 Å². The minimum absolute atomic E-state index is 0.0608. The van der Waals surface area contributed by atoms with Crippen LogP contribution in [0.3, 0.4) is 0 Å². The largest absolute Gasteiger partial charge is 0.505 e. The van der Waals surface area contributed by atoms with Gasteiger partial charge in [0.2, 0.25) is 12.7 Å². The molecule has 28 heavy (non-hydrogen) atoms. The number of fused-ring (bicyclic) bond motifs is 2.